The molecular weight excluding hydrogens is 228 g/mol. The molecule has 2 rings (SSSR count). The summed E-state index contributed by atoms with van der Waals surface area (Å²) in [5.41, 5.74) is 2.41. The Kier molecular flexibility index (Phi) is 3.13. The van der Waals surface area contributed by atoms with Crippen molar-refractivity contribution >= 4 is 28.9 Å². The van der Waals surface area contributed by atoms with Crippen LogP contribution in [0, 0.1) is 0 Å². The van der Waals surface area contributed by atoms with E-state index >= 15 is 0 Å². The van der Waals surface area contributed by atoms with Gasteiger partial charge in [-0.2, -0.15) is 0 Å². The van der Waals surface area contributed by atoms with E-state index in [-0.39, 0.29) is 5.78 Å². The molecule has 0 radical (unpaired) electrons. The van der Waals surface area contributed by atoms with Crippen molar-refractivity contribution in [3.05, 3.63) is 35.3 Å². The van der Waals surface area contributed by atoms with Crippen LogP contribution in [-0.2, 0) is 0 Å². The van der Waals surface area contributed by atoms with Crippen LogP contribution < -0.4 is 0 Å². The summed E-state index contributed by atoms with van der Waals surface area (Å²) in [6, 6.07) is 7.52. The summed E-state index contributed by atoms with van der Waals surface area (Å²) in [6.07, 6.45) is 0. The van der Waals surface area contributed by atoms with Gasteiger partial charge in [0.25, 0.3) is 0 Å². The van der Waals surface area contributed by atoms with Crippen molar-refractivity contribution in [1.82, 2.24) is 10.2 Å². The first kappa shape index (κ1) is 10.3. The Morgan fingerprint density at radius 1 is 1.40 bits per heavy atom. The molecule has 0 unspecified atom stereocenters. The average molecular weight is 236 g/mol. The van der Waals surface area contributed by atoms with E-state index in [0.717, 1.165) is 14.8 Å². The van der Waals surface area contributed by atoms with Crippen LogP contribution in [0.4, 0.5) is 0 Å². The first-order valence-electron chi connectivity index (χ1n) is 4.31. The lowest BCUT2D eigenvalue weighted by molar-refractivity contribution is 0.101. The molecule has 0 N–H and O–H groups in total. The Balaban J connectivity index is 2.32. The van der Waals surface area contributed by atoms with Gasteiger partial charge in [0.1, 0.15) is 5.51 Å². The summed E-state index contributed by atoms with van der Waals surface area (Å²) >= 11 is 2.94. The monoisotopic (exact) mass is 236 g/mol. The van der Waals surface area contributed by atoms with Gasteiger partial charge in [0.05, 0.1) is 0 Å². The Hall–Kier alpha value is -1.20. The molecule has 1 heterocycles. The number of nitrogens with zero attached hydrogens (tertiary/aromatic N) is 2. The smallest absolute Gasteiger partial charge is 0.178 e. The van der Waals surface area contributed by atoms with Gasteiger partial charge in [-0.1, -0.05) is 41.3 Å². The normalized spacial score (nSPS) is 10.2. The number of hydrogen-bond donors (Lipinski definition) is 0. The zero-order chi connectivity index (χ0) is 10.7. The lowest BCUT2D eigenvalue weighted by Gasteiger charge is -2.02. The van der Waals surface area contributed by atoms with Crippen LogP contribution in [0.25, 0.3) is 0 Å². The zero-order valence-electron chi connectivity index (χ0n) is 8.01. The fourth-order valence-corrected chi connectivity index (χ4v) is 2.76. The van der Waals surface area contributed by atoms with Gasteiger partial charge in [-0.25, -0.2) is 0 Å². The molecule has 15 heavy (non-hydrogen) atoms. The highest BCUT2D eigenvalue weighted by Crippen LogP contribution is 2.31. The highest BCUT2D eigenvalue weighted by atomic mass is 32.2. The highest BCUT2D eigenvalue weighted by Gasteiger charge is 2.08. The molecule has 0 saturated carbocycles. The minimum absolute atomic E-state index is 0.0719. The van der Waals surface area contributed by atoms with Crippen LogP contribution in [0.15, 0.2) is 39.0 Å². The Bertz CT molecular complexity index is 468. The van der Waals surface area contributed by atoms with E-state index in [9.17, 15) is 4.79 Å². The van der Waals surface area contributed by atoms with E-state index in [1.165, 1.54) is 23.1 Å². The van der Waals surface area contributed by atoms with Gasteiger partial charge in [0, 0.05) is 10.5 Å². The summed E-state index contributed by atoms with van der Waals surface area (Å²) in [7, 11) is 0. The number of ketones is 1. The standard InChI is InChI=1S/C10H8N2OS2/c1-7(13)8-4-2-3-5-9(8)15-10-12-11-6-14-10/h2-6H,1H3. The summed E-state index contributed by atoms with van der Waals surface area (Å²) in [5, 5.41) is 7.69. The highest BCUT2D eigenvalue weighted by molar-refractivity contribution is 8.01. The zero-order valence-corrected chi connectivity index (χ0v) is 9.64. The van der Waals surface area contributed by atoms with Crippen LogP contribution in [0.5, 0.6) is 0 Å². The molecule has 0 aliphatic carbocycles. The predicted molar refractivity (Wildman–Crippen MR) is 60.5 cm³/mol. The third-order valence-corrected chi connectivity index (χ3v) is 3.66. The topological polar surface area (TPSA) is 42.9 Å². The van der Waals surface area contributed by atoms with E-state index in [4.69, 9.17) is 0 Å². The number of Topliss-reactive ketones (excluding diaryl/α,β-unsaturated/α-hetero) is 1. The van der Waals surface area contributed by atoms with Gasteiger partial charge in [-0.3, -0.25) is 4.79 Å². The summed E-state index contributed by atoms with van der Waals surface area (Å²) < 4.78 is 0.851. The van der Waals surface area contributed by atoms with Gasteiger partial charge < -0.3 is 0 Å². The fraction of sp³-hybridized carbons (Fsp3) is 0.100. The molecule has 0 aliphatic heterocycles. The Morgan fingerprint density at radius 2 is 2.20 bits per heavy atom. The third-order valence-electron chi connectivity index (χ3n) is 1.80. The molecule has 0 atom stereocenters. The second-order valence-corrected chi connectivity index (χ2v) is 4.98. The van der Waals surface area contributed by atoms with E-state index < -0.39 is 0 Å². The van der Waals surface area contributed by atoms with Crippen molar-refractivity contribution < 1.29 is 4.79 Å². The minimum Gasteiger partial charge on any atom is -0.294 e. The number of carbonyl (C=O) groups excluding carboxylic acids is 1. The molecule has 0 amide bonds. The second-order valence-electron chi connectivity index (χ2n) is 2.86. The van der Waals surface area contributed by atoms with Crippen LogP contribution in [0.1, 0.15) is 17.3 Å². The first-order chi connectivity index (χ1) is 7.27. The largest absolute Gasteiger partial charge is 0.294 e. The lowest BCUT2D eigenvalue weighted by Crippen LogP contribution is -1.93. The number of hydrogen-bond acceptors (Lipinski definition) is 5. The lowest BCUT2D eigenvalue weighted by atomic mass is 10.1. The number of rotatable bonds is 3. The molecule has 2 aromatic rings. The molecule has 0 spiro atoms. The summed E-state index contributed by atoms with van der Waals surface area (Å²) in [5.74, 6) is 0.0719. The maximum atomic E-state index is 11.3. The summed E-state index contributed by atoms with van der Waals surface area (Å²) in [6.45, 7) is 1.57. The molecule has 76 valence electrons. The maximum Gasteiger partial charge on any atom is 0.178 e. The number of benzene rings is 1. The van der Waals surface area contributed by atoms with Crippen LogP contribution in [-0.4, -0.2) is 16.0 Å². The second kappa shape index (κ2) is 4.55. The molecule has 3 nitrogen and oxygen atoms in total. The molecule has 1 aromatic heterocycles. The van der Waals surface area contributed by atoms with E-state index in [2.05, 4.69) is 10.2 Å². The molecular formula is C10H8N2OS2. The van der Waals surface area contributed by atoms with Gasteiger partial charge >= 0.3 is 0 Å². The molecule has 1 aromatic carbocycles. The number of aromatic nitrogens is 2. The van der Waals surface area contributed by atoms with Crippen molar-refractivity contribution in [2.24, 2.45) is 0 Å². The van der Waals surface area contributed by atoms with E-state index in [1.54, 1.807) is 12.4 Å². The van der Waals surface area contributed by atoms with Crippen molar-refractivity contribution in [2.45, 2.75) is 16.2 Å². The average Bonchev–Trinajstić information content (AvgIpc) is 2.71. The van der Waals surface area contributed by atoms with Crippen LogP contribution in [0.2, 0.25) is 0 Å². The van der Waals surface area contributed by atoms with Gasteiger partial charge in [-0.05, 0) is 13.0 Å². The maximum absolute atomic E-state index is 11.3. The molecule has 0 bridgehead atoms. The minimum atomic E-state index is 0.0719. The van der Waals surface area contributed by atoms with E-state index in [1.807, 2.05) is 24.3 Å². The molecule has 5 heteroatoms. The van der Waals surface area contributed by atoms with E-state index in [0.29, 0.717) is 0 Å². The first-order valence-corrected chi connectivity index (χ1v) is 6.01. The quantitative estimate of drug-likeness (QED) is 0.768. The van der Waals surface area contributed by atoms with Crippen LogP contribution >= 0.6 is 23.1 Å². The van der Waals surface area contributed by atoms with Gasteiger partial charge in [-0.15, -0.1) is 10.2 Å². The van der Waals surface area contributed by atoms with Gasteiger partial charge in [0.2, 0.25) is 0 Å². The van der Waals surface area contributed by atoms with Crippen LogP contribution in [0.3, 0.4) is 0 Å². The molecule has 0 fully saturated rings. The SMILES string of the molecule is CC(=O)c1ccccc1Sc1nncs1. The van der Waals surface area contributed by atoms with Gasteiger partial charge in [0.15, 0.2) is 10.1 Å². The van der Waals surface area contributed by atoms with Crippen molar-refractivity contribution in [3.8, 4) is 0 Å². The fourth-order valence-electron chi connectivity index (χ4n) is 1.15. The Morgan fingerprint density at radius 3 is 2.87 bits per heavy atom. The van der Waals surface area contributed by atoms with Crippen molar-refractivity contribution in [1.29, 1.82) is 0 Å². The summed E-state index contributed by atoms with van der Waals surface area (Å²) in [4.78, 5) is 12.3. The Labute approximate surface area is 95.6 Å². The van der Waals surface area contributed by atoms with Crippen molar-refractivity contribution in [3.63, 3.8) is 0 Å². The number of carbonyl (C=O) groups is 1. The third kappa shape index (κ3) is 2.43. The molecule has 0 saturated heterocycles. The molecule has 0 aliphatic rings. The van der Waals surface area contributed by atoms with Crippen molar-refractivity contribution in [2.75, 3.05) is 0 Å². The predicted octanol–water partition coefficient (Wildman–Crippen LogP) is 2.89.